The Hall–Kier alpha value is -2.61. The number of nitrogens with zero attached hydrogens (tertiary/aromatic N) is 1. The van der Waals surface area contributed by atoms with Gasteiger partial charge in [-0.3, -0.25) is 9.59 Å². The van der Waals surface area contributed by atoms with E-state index in [0.717, 1.165) is 85.7 Å². The van der Waals surface area contributed by atoms with Gasteiger partial charge in [0.25, 0.3) is 5.91 Å². The minimum atomic E-state index is -1.36. The normalized spacial score (nSPS) is 16.9. The van der Waals surface area contributed by atoms with E-state index in [1.54, 1.807) is 6.07 Å². The quantitative estimate of drug-likeness (QED) is 0.249. The van der Waals surface area contributed by atoms with Gasteiger partial charge in [0, 0.05) is 30.6 Å². The number of carbonyl (C=O) groups excluding carboxylic acids is 2. The van der Waals surface area contributed by atoms with Gasteiger partial charge in [0.2, 0.25) is 5.91 Å². The van der Waals surface area contributed by atoms with Gasteiger partial charge in [-0.05, 0) is 60.9 Å². The summed E-state index contributed by atoms with van der Waals surface area (Å²) in [5.74, 6) is -0.159. The highest BCUT2D eigenvalue weighted by atomic mass is 32.2. The van der Waals surface area contributed by atoms with Crippen LogP contribution in [0, 0.1) is 5.41 Å². The number of allylic oxidation sites excluding steroid dienone is 1. The van der Waals surface area contributed by atoms with Crippen LogP contribution in [-0.2, 0) is 34.0 Å². The molecule has 1 N–H and O–H groups in total. The predicted molar refractivity (Wildman–Crippen MR) is 162 cm³/mol. The van der Waals surface area contributed by atoms with Crippen molar-refractivity contribution in [1.82, 2.24) is 9.62 Å². The lowest BCUT2D eigenvalue weighted by molar-refractivity contribution is -0.139. The lowest BCUT2D eigenvalue weighted by Crippen LogP contribution is -2.40. The monoisotopic (exact) mass is 564 g/mol. The molecule has 0 heterocycles. The molecule has 2 fully saturated rings. The first-order valence-electron chi connectivity index (χ1n) is 14.8. The highest BCUT2D eigenvalue weighted by molar-refractivity contribution is 7.91. The average molecular weight is 565 g/mol. The Labute approximate surface area is 242 Å². The maximum atomic E-state index is 13.9. The fraction of sp³-hybridized carbons (Fsp3) is 0.515. The molecule has 40 heavy (non-hydrogen) atoms. The Morgan fingerprint density at radius 1 is 1.12 bits per heavy atom. The fourth-order valence-electron chi connectivity index (χ4n) is 5.49. The van der Waals surface area contributed by atoms with Crippen molar-refractivity contribution < 1.29 is 18.9 Å². The molecule has 0 bridgehead atoms. The van der Waals surface area contributed by atoms with E-state index in [1.165, 1.54) is 0 Å². The van der Waals surface area contributed by atoms with Crippen LogP contribution >= 0.6 is 0 Å². The molecule has 0 aliphatic heterocycles. The van der Waals surface area contributed by atoms with Crippen LogP contribution in [0.3, 0.4) is 0 Å². The van der Waals surface area contributed by atoms with Crippen LogP contribution in [-0.4, -0.2) is 33.1 Å². The van der Waals surface area contributed by atoms with Gasteiger partial charge in [0.1, 0.15) is 5.25 Å². The van der Waals surface area contributed by atoms with E-state index >= 15 is 0 Å². The van der Waals surface area contributed by atoms with Crippen molar-refractivity contribution in [2.75, 3.05) is 6.61 Å². The second-order valence-electron chi connectivity index (χ2n) is 11.4. The van der Waals surface area contributed by atoms with Gasteiger partial charge in [-0.2, -0.15) is 4.72 Å². The predicted octanol–water partition coefficient (Wildman–Crippen LogP) is 7.06. The molecule has 2 saturated carbocycles. The Morgan fingerprint density at radius 3 is 2.52 bits per heavy atom. The first kappa shape index (κ1) is 30.4. The van der Waals surface area contributed by atoms with E-state index in [2.05, 4.69) is 31.2 Å². The minimum absolute atomic E-state index is 0.0631. The van der Waals surface area contributed by atoms with Crippen molar-refractivity contribution in [2.24, 2.45) is 5.41 Å². The Bertz CT molecular complexity index is 1200. The van der Waals surface area contributed by atoms with Crippen LogP contribution in [0.25, 0.3) is 11.1 Å². The first-order chi connectivity index (χ1) is 19.3. The molecule has 2 aromatic carbocycles. The summed E-state index contributed by atoms with van der Waals surface area (Å²) in [5.41, 5.74) is 4.64. The highest BCUT2D eigenvalue weighted by Gasteiger charge is 2.40. The van der Waals surface area contributed by atoms with Gasteiger partial charge in [-0.15, -0.1) is 0 Å². The van der Waals surface area contributed by atoms with Crippen LogP contribution in [0.15, 0.2) is 54.7 Å². The summed E-state index contributed by atoms with van der Waals surface area (Å²) in [6.45, 7) is 11.9. The van der Waals surface area contributed by atoms with Crippen molar-refractivity contribution >= 4 is 23.2 Å². The lowest BCUT2D eigenvalue weighted by Gasteiger charge is -2.33. The second kappa shape index (κ2) is 13.8. The van der Waals surface area contributed by atoms with Crippen LogP contribution in [0.2, 0.25) is 0 Å². The van der Waals surface area contributed by atoms with Crippen molar-refractivity contribution in [3.63, 3.8) is 0 Å². The molecule has 2 aliphatic carbocycles. The number of rotatable bonds is 14. The van der Waals surface area contributed by atoms with E-state index < -0.39 is 11.4 Å². The molecule has 4 rings (SSSR count). The summed E-state index contributed by atoms with van der Waals surface area (Å²) in [6.07, 6.45) is 8.64. The van der Waals surface area contributed by atoms with E-state index in [9.17, 15) is 14.1 Å². The third-order valence-electron chi connectivity index (χ3n) is 8.12. The van der Waals surface area contributed by atoms with E-state index in [-0.39, 0.29) is 22.5 Å². The molecular formula is C33H44N2O4S. The SMILES string of the molecule is C=C(CCCC)N(Cc1ccc(-c2ccccc2C(=O)N[S+]([O-])C2CC2)c(COCC)c1)C(=O)C1(C)CCCC1. The maximum absolute atomic E-state index is 13.9. The van der Waals surface area contributed by atoms with E-state index in [4.69, 9.17) is 4.74 Å². The number of amides is 2. The van der Waals surface area contributed by atoms with E-state index in [1.807, 2.05) is 42.2 Å². The molecular weight excluding hydrogens is 520 g/mol. The van der Waals surface area contributed by atoms with Gasteiger partial charge in [0.05, 0.1) is 30.1 Å². The molecule has 1 atom stereocenters. The number of nitrogens with one attached hydrogen (secondary N) is 1. The zero-order valence-electron chi connectivity index (χ0n) is 24.3. The molecule has 0 spiro atoms. The van der Waals surface area contributed by atoms with Crippen molar-refractivity contribution in [2.45, 2.75) is 97.0 Å². The van der Waals surface area contributed by atoms with Crippen molar-refractivity contribution in [3.05, 3.63) is 71.4 Å². The zero-order valence-corrected chi connectivity index (χ0v) is 25.1. The number of ether oxygens (including phenoxy) is 1. The van der Waals surface area contributed by atoms with Crippen LogP contribution < -0.4 is 4.72 Å². The molecule has 7 heteroatoms. The zero-order chi connectivity index (χ0) is 28.7. The first-order valence-corrected chi connectivity index (χ1v) is 16.0. The Balaban J connectivity index is 1.65. The standard InChI is InChI=1S/C33H44N2O4S/c1-5-7-12-24(3)35(32(37)33(4)19-10-11-20-33)22-25-15-18-28(26(21-25)23-39-6-2)29-13-8-9-14-30(29)31(36)34-40(38)27-16-17-27/h8-9,13-15,18,21,27H,3,5-7,10-12,16-17,19-20,22-23H2,1-2,4H3,(H,34,36). The summed E-state index contributed by atoms with van der Waals surface area (Å²) < 4.78 is 20.9. The number of unbranched alkanes of at least 4 members (excludes halogenated alkanes) is 1. The topological polar surface area (TPSA) is 81.7 Å². The number of carbonyl (C=O) groups is 2. The Kier molecular flexibility index (Phi) is 10.5. The maximum Gasteiger partial charge on any atom is 0.292 e. The summed E-state index contributed by atoms with van der Waals surface area (Å²) in [7, 11) is 0. The van der Waals surface area contributed by atoms with Crippen LogP contribution in [0.1, 0.15) is 100 Å². The molecule has 216 valence electrons. The van der Waals surface area contributed by atoms with Gasteiger partial charge >= 0.3 is 0 Å². The number of benzene rings is 2. The third kappa shape index (κ3) is 7.36. The van der Waals surface area contributed by atoms with Crippen LogP contribution in [0.5, 0.6) is 0 Å². The molecule has 0 aromatic heterocycles. The highest BCUT2D eigenvalue weighted by Crippen LogP contribution is 2.40. The largest absolute Gasteiger partial charge is 0.593 e. The van der Waals surface area contributed by atoms with Gasteiger partial charge < -0.3 is 14.2 Å². The molecule has 6 nitrogen and oxygen atoms in total. The second-order valence-corrected chi connectivity index (χ2v) is 12.9. The summed E-state index contributed by atoms with van der Waals surface area (Å²) in [5, 5.41) is 0.0631. The molecule has 2 amide bonds. The van der Waals surface area contributed by atoms with Crippen molar-refractivity contribution in [1.29, 1.82) is 0 Å². The Morgan fingerprint density at radius 2 is 1.85 bits per heavy atom. The minimum Gasteiger partial charge on any atom is -0.593 e. The van der Waals surface area contributed by atoms with Crippen LogP contribution in [0.4, 0.5) is 0 Å². The molecule has 0 radical (unpaired) electrons. The molecule has 0 saturated heterocycles. The molecule has 2 aromatic rings. The summed E-state index contributed by atoms with van der Waals surface area (Å²) in [6, 6.07) is 13.6. The van der Waals surface area contributed by atoms with E-state index in [0.29, 0.717) is 25.3 Å². The van der Waals surface area contributed by atoms with Crippen molar-refractivity contribution in [3.8, 4) is 11.1 Å². The molecule has 2 aliphatic rings. The summed E-state index contributed by atoms with van der Waals surface area (Å²) in [4.78, 5) is 28.9. The lowest BCUT2D eigenvalue weighted by atomic mass is 9.86. The summed E-state index contributed by atoms with van der Waals surface area (Å²) >= 11 is -1.36. The van der Waals surface area contributed by atoms with Gasteiger partial charge in [-0.25, -0.2) is 0 Å². The molecule has 1 unspecified atom stereocenters. The third-order valence-corrected chi connectivity index (χ3v) is 9.59. The fourth-order valence-corrected chi connectivity index (χ4v) is 6.51. The van der Waals surface area contributed by atoms with Gasteiger partial charge in [0.15, 0.2) is 0 Å². The number of hydrogen-bond donors (Lipinski definition) is 1. The number of hydrogen-bond acceptors (Lipinski definition) is 4. The van der Waals surface area contributed by atoms with Gasteiger partial charge in [-0.1, -0.05) is 76.1 Å². The average Bonchev–Trinajstić information content (AvgIpc) is 3.73. The smallest absolute Gasteiger partial charge is 0.292 e.